The van der Waals surface area contributed by atoms with Crippen molar-refractivity contribution in [2.45, 2.75) is 64.9 Å². The third kappa shape index (κ3) is 7.90. The number of carbonyl (C=O) groups excluding carboxylic acids is 3. The molecule has 7 nitrogen and oxygen atoms in total. The Hall–Kier alpha value is -2.05. The molecule has 0 aromatic heterocycles. The number of nitrogens with one attached hydrogen (secondary N) is 1. The van der Waals surface area contributed by atoms with E-state index in [1.165, 1.54) is 32.1 Å². The second-order valence-electron chi connectivity index (χ2n) is 8.64. The predicted molar refractivity (Wildman–Crippen MR) is 108 cm³/mol. The van der Waals surface area contributed by atoms with E-state index < -0.39 is 11.7 Å². The topological polar surface area (TPSA) is 79.0 Å². The van der Waals surface area contributed by atoms with Gasteiger partial charge in [0.2, 0.25) is 11.8 Å². The molecule has 0 radical (unpaired) electrons. The van der Waals surface area contributed by atoms with E-state index in [1.807, 2.05) is 4.90 Å². The van der Waals surface area contributed by atoms with Crippen LogP contribution < -0.4 is 5.32 Å². The number of piperazine rings is 1. The summed E-state index contributed by atoms with van der Waals surface area (Å²) >= 11 is 0. The van der Waals surface area contributed by atoms with E-state index in [9.17, 15) is 14.4 Å². The first-order valence-electron chi connectivity index (χ1n) is 10.5. The number of hydrogen-bond donors (Lipinski definition) is 1. The van der Waals surface area contributed by atoms with Gasteiger partial charge >= 0.3 is 6.09 Å². The molecule has 0 aromatic rings. The summed E-state index contributed by atoms with van der Waals surface area (Å²) in [6, 6.07) is 0. The number of rotatable bonds is 5. The minimum absolute atomic E-state index is 0.0131. The van der Waals surface area contributed by atoms with Gasteiger partial charge in [0, 0.05) is 39.1 Å². The molecule has 1 aliphatic heterocycles. The van der Waals surface area contributed by atoms with E-state index in [1.54, 1.807) is 31.7 Å². The van der Waals surface area contributed by atoms with Crippen molar-refractivity contribution in [3.05, 3.63) is 12.2 Å². The third-order valence-electron chi connectivity index (χ3n) is 5.11. The van der Waals surface area contributed by atoms with Crippen molar-refractivity contribution in [3.8, 4) is 0 Å². The lowest BCUT2D eigenvalue weighted by molar-refractivity contribution is -0.137. The zero-order chi connectivity index (χ0) is 20.6. The molecular formula is C21H35N3O4. The van der Waals surface area contributed by atoms with Gasteiger partial charge in [-0.2, -0.15) is 0 Å². The molecule has 0 aromatic carbocycles. The largest absolute Gasteiger partial charge is 0.444 e. The summed E-state index contributed by atoms with van der Waals surface area (Å²) in [7, 11) is 0. The second-order valence-corrected chi connectivity index (χ2v) is 8.64. The van der Waals surface area contributed by atoms with Crippen molar-refractivity contribution in [1.82, 2.24) is 15.1 Å². The van der Waals surface area contributed by atoms with Crippen LogP contribution in [-0.4, -0.2) is 66.0 Å². The van der Waals surface area contributed by atoms with Crippen LogP contribution in [-0.2, 0) is 14.3 Å². The highest BCUT2D eigenvalue weighted by Crippen LogP contribution is 2.24. The quantitative estimate of drug-likeness (QED) is 0.729. The maximum absolute atomic E-state index is 12.4. The van der Waals surface area contributed by atoms with E-state index in [-0.39, 0.29) is 24.8 Å². The third-order valence-corrected chi connectivity index (χ3v) is 5.11. The summed E-state index contributed by atoms with van der Waals surface area (Å²) in [5.41, 5.74) is -0.553. The van der Waals surface area contributed by atoms with E-state index in [0.717, 1.165) is 0 Å². The lowest BCUT2D eigenvalue weighted by Crippen LogP contribution is -2.50. The summed E-state index contributed by atoms with van der Waals surface area (Å²) in [6.07, 6.45) is 9.70. The molecule has 0 bridgehead atoms. The standard InChI is InChI=1S/C21H35N3O4/c1-21(2,3)28-20(27)22-12-11-19(26)24-15-13-23(14-16-24)18(25)10-9-17-7-5-4-6-8-17/h9-10,17H,4-8,11-16H2,1-3H3,(H,22,27)/b10-9+. The molecule has 2 fully saturated rings. The Bertz CT molecular complexity index is 569. The second kappa shape index (κ2) is 10.5. The van der Waals surface area contributed by atoms with Crippen LogP contribution in [0.4, 0.5) is 4.79 Å². The molecule has 158 valence electrons. The van der Waals surface area contributed by atoms with Gasteiger partial charge in [0.1, 0.15) is 5.60 Å². The highest BCUT2D eigenvalue weighted by atomic mass is 16.6. The van der Waals surface area contributed by atoms with Crippen molar-refractivity contribution in [2.24, 2.45) is 5.92 Å². The summed E-state index contributed by atoms with van der Waals surface area (Å²) in [5.74, 6) is 0.572. The average molecular weight is 394 g/mol. The molecule has 2 aliphatic rings. The molecule has 7 heteroatoms. The van der Waals surface area contributed by atoms with Gasteiger partial charge in [-0.05, 0) is 45.6 Å². The van der Waals surface area contributed by atoms with E-state index in [0.29, 0.717) is 32.1 Å². The molecule has 0 atom stereocenters. The predicted octanol–water partition coefficient (Wildman–Crippen LogP) is 2.71. The molecule has 1 N–H and O–H groups in total. The van der Waals surface area contributed by atoms with Crippen molar-refractivity contribution >= 4 is 17.9 Å². The molecular weight excluding hydrogens is 358 g/mol. The Morgan fingerprint density at radius 3 is 2.21 bits per heavy atom. The summed E-state index contributed by atoms with van der Waals surface area (Å²) < 4.78 is 5.15. The minimum Gasteiger partial charge on any atom is -0.444 e. The molecule has 0 spiro atoms. The van der Waals surface area contributed by atoms with Crippen LogP contribution in [0.15, 0.2) is 12.2 Å². The fourth-order valence-corrected chi connectivity index (χ4v) is 3.57. The van der Waals surface area contributed by atoms with Crippen LogP contribution in [0.2, 0.25) is 0 Å². The highest BCUT2D eigenvalue weighted by Gasteiger charge is 2.23. The van der Waals surface area contributed by atoms with Gasteiger partial charge in [-0.3, -0.25) is 9.59 Å². The van der Waals surface area contributed by atoms with Crippen LogP contribution in [0.25, 0.3) is 0 Å². The van der Waals surface area contributed by atoms with Crippen molar-refractivity contribution < 1.29 is 19.1 Å². The first kappa shape index (κ1) is 22.2. The van der Waals surface area contributed by atoms with Crippen LogP contribution in [0.3, 0.4) is 0 Å². The Balaban J connectivity index is 1.65. The normalized spacial score (nSPS) is 19.0. The molecule has 0 unspecified atom stereocenters. The first-order chi connectivity index (χ1) is 13.2. The van der Waals surface area contributed by atoms with Gasteiger partial charge in [0.15, 0.2) is 0 Å². The molecule has 3 amide bonds. The summed E-state index contributed by atoms with van der Waals surface area (Å²) in [5, 5.41) is 2.60. The Morgan fingerprint density at radius 1 is 1.00 bits per heavy atom. The van der Waals surface area contributed by atoms with Crippen molar-refractivity contribution in [3.63, 3.8) is 0 Å². The van der Waals surface area contributed by atoms with Crippen LogP contribution in [0.5, 0.6) is 0 Å². The molecule has 1 saturated carbocycles. The Labute approximate surface area is 168 Å². The zero-order valence-electron chi connectivity index (χ0n) is 17.5. The Morgan fingerprint density at radius 2 is 1.61 bits per heavy atom. The maximum atomic E-state index is 12.4. The molecule has 2 rings (SSSR count). The van der Waals surface area contributed by atoms with Crippen molar-refractivity contribution in [1.29, 1.82) is 0 Å². The summed E-state index contributed by atoms with van der Waals surface area (Å²) in [4.78, 5) is 39.8. The van der Waals surface area contributed by atoms with E-state index in [2.05, 4.69) is 11.4 Å². The van der Waals surface area contributed by atoms with Crippen LogP contribution in [0, 0.1) is 5.92 Å². The monoisotopic (exact) mass is 393 g/mol. The average Bonchev–Trinajstić information content (AvgIpc) is 2.65. The smallest absolute Gasteiger partial charge is 0.407 e. The maximum Gasteiger partial charge on any atom is 0.407 e. The molecule has 1 aliphatic carbocycles. The fourth-order valence-electron chi connectivity index (χ4n) is 3.57. The number of hydrogen-bond acceptors (Lipinski definition) is 4. The zero-order valence-corrected chi connectivity index (χ0v) is 17.5. The minimum atomic E-state index is -0.553. The number of ether oxygens (including phenoxy) is 1. The van der Waals surface area contributed by atoms with Crippen LogP contribution in [0.1, 0.15) is 59.3 Å². The molecule has 28 heavy (non-hydrogen) atoms. The number of nitrogens with zero attached hydrogens (tertiary/aromatic N) is 2. The number of allylic oxidation sites excluding steroid dienone is 1. The number of amides is 3. The SMILES string of the molecule is CC(C)(C)OC(=O)NCCC(=O)N1CCN(C(=O)/C=C/C2CCCCC2)CC1. The first-order valence-corrected chi connectivity index (χ1v) is 10.5. The molecule has 1 heterocycles. The highest BCUT2D eigenvalue weighted by molar-refractivity contribution is 5.88. The van der Waals surface area contributed by atoms with Crippen LogP contribution >= 0.6 is 0 Å². The van der Waals surface area contributed by atoms with E-state index in [4.69, 9.17) is 4.74 Å². The Kier molecular flexibility index (Phi) is 8.33. The van der Waals surface area contributed by atoms with Gasteiger partial charge in [-0.15, -0.1) is 0 Å². The molecule has 1 saturated heterocycles. The number of alkyl carbamates (subject to hydrolysis) is 1. The van der Waals surface area contributed by atoms with Gasteiger partial charge < -0.3 is 19.9 Å². The summed E-state index contributed by atoms with van der Waals surface area (Å²) in [6.45, 7) is 7.81. The lowest BCUT2D eigenvalue weighted by atomic mass is 9.89. The van der Waals surface area contributed by atoms with Crippen molar-refractivity contribution in [2.75, 3.05) is 32.7 Å². The fraction of sp³-hybridized carbons (Fsp3) is 0.762. The van der Waals surface area contributed by atoms with Gasteiger partial charge in [0.25, 0.3) is 0 Å². The van der Waals surface area contributed by atoms with E-state index >= 15 is 0 Å². The number of carbonyl (C=O) groups is 3. The van der Waals surface area contributed by atoms with Gasteiger partial charge in [-0.25, -0.2) is 4.79 Å². The lowest BCUT2D eigenvalue weighted by Gasteiger charge is -2.34. The van der Waals surface area contributed by atoms with Gasteiger partial charge in [0.05, 0.1) is 0 Å². The van der Waals surface area contributed by atoms with Gasteiger partial charge in [-0.1, -0.05) is 25.3 Å².